The van der Waals surface area contributed by atoms with Gasteiger partial charge in [0.15, 0.2) is 0 Å². The van der Waals surface area contributed by atoms with E-state index in [0.29, 0.717) is 18.7 Å². The molecule has 3 aromatic rings. The number of amides is 2. The van der Waals surface area contributed by atoms with Crippen molar-refractivity contribution in [1.29, 1.82) is 0 Å². The van der Waals surface area contributed by atoms with Gasteiger partial charge in [0.2, 0.25) is 5.91 Å². The van der Waals surface area contributed by atoms with Crippen molar-refractivity contribution in [3.05, 3.63) is 93.4 Å². The van der Waals surface area contributed by atoms with E-state index >= 15 is 0 Å². The number of nitrogens with one attached hydrogen (secondary N) is 1. The summed E-state index contributed by atoms with van der Waals surface area (Å²) in [5.74, 6) is -1.16. The molecule has 0 saturated carbocycles. The van der Waals surface area contributed by atoms with E-state index in [0.717, 1.165) is 16.0 Å². The van der Waals surface area contributed by atoms with Crippen LogP contribution in [0.2, 0.25) is 0 Å². The monoisotopic (exact) mass is 438 g/mol. The maximum Gasteiger partial charge on any atom is 0.254 e. The molecule has 7 heteroatoms. The second-order valence-electron chi connectivity index (χ2n) is 7.36. The fourth-order valence-electron chi connectivity index (χ4n) is 3.99. The number of thiophene rings is 1. The van der Waals surface area contributed by atoms with Crippen molar-refractivity contribution in [3.8, 4) is 0 Å². The van der Waals surface area contributed by atoms with Crippen LogP contribution >= 0.6 is 11.3 Å². The molecule has 0 spiro atoms. The molecule has 1 aromatic heterocycles. The second-order valence-corrected chi connectivity index (χ2v) is 8.34. The van der Waals surface area contributed by atoms with Gasteiger partial charge in [0.05, 0.1) is 18.6 Å². The summed E-state index contributed by atoms with van der Waals surface area (Å²) < 4.78 is 18.4. The Labute approximate surface area is 184 Å². The van der Waals surface area contributed by atoms with Gasteiger partial charge in [0.25, 0.3) is 5.91 Å². The SMILES string of the molecule is COCCN1C(=O)c2ccccc2C(C(=O)NCc2ccc(F)cc2)C1c1cccs1. The van der Waals surface area contributed by atoms with Gasteiger partial charge in [-0.2, -0.15) is 0 Å². The summed E-state index contributed by atoms with van der Waals surface area (Å²) in [6, 6.07) is 16.8. The summed E-state index contributed by atoms with van der Waals surface area (Å²) in [4.78, 5) is 29.5. The van der Waals surface area contributed by atoms with Gasteiger partial charge in [0.1, 0.15) is 5.82 Å². The molecule has 2 aromatic carbocycles. The van der Waals surface area contributed by atoms with Crippen LogP contribution in [0.15, 0.2) is 66.0 Å². The molecule has 1 aliphatic rings. The molecule has 160 valence electrons. The molecule has 0 radical (unpaired) electrons. The highest BCUT2D eigenvalue weighted by molar-refractivity contribution is 7.10. The molecule has 2 unspecified atom stereocenters. The third-order valence-electron chi connectivity index (χ3n) is 5.47. The molecule has 4 rings (SSSR count). The molecular formula is C24H23FN2O3S. The zero-order valence-corrected chi connectivity index (χ0v) is 17.9. The van der Waals surface area contributed by atoms with Crippen LogP contribution in [0.1, 0.15) is 38.3 Å². The van der Waals surface area contributed by atoms with Crippen molar-refractivity contribution in [2.45, 2.75) is 18.5 Å². The minimum Gasteiger partial charge on any atom is -0.383 e. The van der Waals surface area contributed by atoms with Gasteiger partial charge < -0.3 is 15.0 Å². The lowest BCUT2D eigenvalue weighted by molar-refractivity contribution is -0.124. The number of halogens is 1. The van der Waals surface area contributed by atoms with E-state index in [1.807, 2.05) is 35.7 Å². The second kappa shape index (κ2) is 9.41. The smallest absolute Gasteiger partial charge is 0.254 e. The predicted octanol–water partition coefficient (Wildman–Crippen LogP) is 4.13. The fraction of sp³-hybridized carbons (Fsp3) is 0.250. The van der Waals surface area contributed by atoms with Gasteiger partial charge in [-0.25, -0.2) is 4.39 Å². The van der Waals surface area contributed by atoms with E-state index in [1.54, 1.807) is 30.2 Å². The fourth-order valence-corrected chi connectivity index (χ4v) is 4.86. The minimum atomic E-state index is -0.565. The average Bonchev–Trinajstić information content (AvgIpc) is 3.32. The molecule has 2 amide bonds. The van der Waals surface area contributed by atoms with E-state index in [1.165, 1.54) is 23.5 Å². The Bertz CT molecular complexity index is 1050. The number of nitrogens with zero attached hydrogens (tertiary/aromatic N) is 1. The van der Waals surface area contributed by atoms with Crippen LogP contribution < -0.4 is 5.32 Å². The Morgan fingerprint density at radius 1 is 1.13 bits per heavy atom. The summed E-state index contributed by atoms with van der Waals surface area (Å²) >= 11 is 1.52. The van der Waals surface area contributed by atoms with E-state index in [4.69, 9.17) is 4.74 Å². The van der Waals surface area contributed by atoms with E-state index in [2.05, 4.69) is 5.32 Å². The quantitative estimate of drug-likeness (QED) is 0.604. The van der Waals surface area contributed by atoms with Crippen molar-refractivity contribution in [3.63, 3.8) is 0 Å². The van der Waals surface area contributed by atoms with Gasteiger partial charge in [-0.05, 0) is 40.8 Å². The first-order chi connectivity index (χ1) is 15.1. The van der Waals surface area contributed by atoms with Crippen molar-refractivity contribution >= 4 is 23.2 Å². The van der Waals surface area contributed by atoms with E-state index < -0.39 is 12.0 Å². The van der Waals surface area contributed by atoms with Crippen LogP contribution in [-0.4, -0.2) is 37.0 Å². The Balaban J connectivity index is 1.70. The van der Waals surface area contributed by atoms with Crippen LogP contribution in [0, 0.1) is 5.82 Å². The van der Waals surface area contributed by atoms with Gasteiger partial charge in [-0.3, -0.25) is 9.59 Å². The Hall–Kier alpha value is -3.03. The number of fused-ring (bicyclic) bond motifs is 1. The molecule has 0 fully saturated rings. The third kappa shape index (κ3) is 4.38. The molecule has 31 heavy (non-hydrogen) atoms. The van der Waals surface area contributed by atoms with Crippen LogP contribution in [0.5, 0.6) is 0 Å². The lowest BCUT2D eigenvalue weighted by Crippen LogP contribution is -2.48. The van der Waals surface area contributed by atoms with Crippen LogP contribution in [0.4, 0.5) is 4.39 Å². The van der Waals surface area contributed by atoms with E-state index in [9.17, 15) is 14.0 Å². The minimum absolute atomic E-state index is 0.103. The molecule has 1 N–H and O–H groups in total. The molecule has 2 heterocycles. The Morgan fingerprint density at radius 2 is 1.90 bits per heavy atom. The Kier molecular flexibility index (Phi) is 6.44. The topological polar surface area (TPSA) is 58.6 Å². The number of ether oxygens (including phenoxy) is 1. The highest BCUT2D eigenvalue weighted by atomic mass is 32.1. The van der Waals surface area contributed by atoms with Crippen LogP contribution in [0.3, 0.4) is 0 Å². The van der Waals surface area contributed by atoms with E-state index in [-0.39, 0.29) is 24.2 Å². The molecule has 0 saturated heterocycles. The summed E-state index contributed by atoms with van der Waals surface area (Å²) in [7, 11) is 1.59. The predicted molar refractivity (Wildman–Crippen MR) is 117 cm³/mol. The van der Waals surface area contributed by atoms with Gasteiger partial charge >= 0.3 is 0 Å². The molecule has 2 atom stereocenters. The number of benzene rings is 2. The van der Waals surface area contributed by atoms with Gasteiger partial charge in [0, 0.05) is 30.6 Å². The third-order valence-corrected chi connectivity index (χ3v) is 6.42. The van der Waals surface area contributed by atoms with Crippen molar-refractivity contribution in [2.24, 2.45) is 0 Å². The number of carbonyl (C=O) groups is 2. The number of methoxy groups -OCH3 is 1. The zero-order valence-electron chi connectivity index (χ0n) is 17.1. The number of rotatable bonds is 7. The van der Waals surface area contributed by atoms with Crippen LogP contribution in [0.25, 0.3) is 0 Å². The highest BCUT2D eigenvalue weighted by Gasteiger charge is 2.44. The normalized spacial score (nSPS) is 18.0. The molecule has 5 nitrogen and oxygen atoms in total. The maximum absolute atomic E-state index is 13.5. The first kappa shape index (κ1) is 21.2. The number of carbonyl (C=O) groups excluding carboxylic acids is 2. The van der Waals surface area contributed by atoms with Gasteiger partial charge in [-0.15, -0.1) is 11.3 Å². The lowest BCUT2D eigenvalue weighted by Gasteiger charge is -2.41. The number of hydrogen-bond acceptors (Lipinski definition) is 4. The zero-order chi connectivity index (χ0) is 21.8. The first-order valence-corrected chi connectivity index (χ1v) is 10.9. The maximum atomic E-state index is 13.5. The van der Waals surface area contributed by atoms with Crippen molar-refractivity contribution in [2.75, 3.05) is 20.3 Å². The Morgan fingerprint density at radius 3 is 2.61 bits per heavy atom. The van der Waals surface area contributed by atoms with Crippen molar-refractivity contribution < 1.29 is 18.7 Å². The van der Waals surface area contributed by atoms with Crippen molar-refractivity contribution in [1.82, 2.24) is 10.2 Å². The molecule has 1 aliphatic heterocycles. The highest BCUT2D eigenvalue weighted by Crippen LogP contribution is 2.44. The summed E-state index contributed by atoms with van der Waals surface area (Å²) in [6.07, 6.45) is 0. The lowest BCUT2D eigenvalue weighted by atomic mass is 9.81. The summed E-state index contributed by atoms with van der Waals surface area (Å²) in [6.45, 7) is 1.04. The standard InChI is InChI=1S/C24H23FN2O3S/c1-30-13-12-27-22(20-7-4-14-31-20)21(18-5-2-3-6-19(18)24(27)29)23(28)26-15-16-8-10-17(25)11-9-16/h2-11,14,21-22H,12-13,15H2,1H3,(H,26,28). The number of hydrogen-bond donors (Lipinski definition) is 1. The first-order valence-electron chi connectivity index (χ1n) is 10.0. The molecule has 0 aliphatic carbocycles. The van der Waals surface area contributed by atoms with Gasteiger partial charge in [-0.1, -0.05) is 36.4 Å². The summed E-state index contributed by atoms with van der Waals surface area (Å²) in [5, 5.41) is 4.93. The molecular weight excluding hydrogens is 415 g/mol. The summed E-state index contributed by atoms with van der Waals surface area (Å²) in [5.41, 5.74) is 2.06. The van der Waals surface area contributed by atoms with Crippen LogP contribution in [-0.2, 0) is 16.1 Å². The largest absolute Gasteiger partial charge is 0.383 e. The molecule has 0 bridgehead atoms. The average molecular weight is 439 g/mol.